The van der Waals surface area contributed by atoms with Gasteiger partial charge >= 0.3 is 0 Å². The number of hydrogen-bond acceptors (Lipinski definition) is 5. The fourth-order valence-corrected chi connectivity index (χ4v) is 4.21. The molecule has 1 aromatic rings. The first-order chi connectivity index (χ1) is 14.6. The van der Waals surface area contributed by atoms with Gasteiger partial charge in [0.1, 0.15) is 0 Å². The first-order valence-electron chi connectivity index (χ1n) is 11.2. The number of aliphatic hydroxyl groups is 1. The molecule has 2 unspecified atom stereocenters. The molecule has 0 saturated carbocycles. The summed E-state index contributed by atoms with van der Waals surface area (Å²) in [7, 11) is 0. The number of aliphatic hydroxyl groups excluding tert-OH is 1. The minimum Gasteiger partial charge on any atom is -0.396 e. The van der Waals surface area contributed by atoms with E-state index in [9.17, 15) is 5.11 Å². The zero-order valence-corrected chi connectivity index (χ0v) is 21.3. The van der Waals surface area contributed by atoms with Crippen LogP contribution in [0.2, 0.25) is 0 Å². The molecule has 8 heteroatoms. The smallest absolute Gasteiger partial charge is 0.191 e. The summed E-state index contributed by atoms with van der Waals surface area (Å²) in [6, 6.07) is 8.70. The zero-order chi connectivity index (χ0) is 21.2. The third kappa shape index (κ3) is 8.49. The van der Waals surface area contributed by atoms with Crippen molar-refractivity contribution in [3.63, 3.8) is 0 Å². The number of nitrogens with one attached hydrogen (secondary N) is 2. The summed E-state index contributed by atoms with van der Waals surface area (Å²) >= 11 is 0. The van der Waals surface area contributed by atoms with Crippen molar-refractivity contribution in [3.05, 3.63) is 35.4 Å². The molecule has 0 spiro atoms. The molecule has 3 N–H and O–H groups in total. The van der Waals surface area contributed by atoms with Crippen molar-refractivity contribution >= 4 is 29.9 Å². The summed E-state index contributed by atoms with van der Waals surface area (Å²) in [6.07, 6.45) is 2.03. The Morgan fingerprint density at radius 1 is 1.29 bits per heavy atom. The van der Waals surface area contributed by atoms with E-state index in [4.69, 9.17) is 14.5 Å². The SMILES string of the molecule is CCNC(=NCc1cccc(CN2CCOC(C)C2)c1)NCC1(CCO)CCOC1.I. The Morgan fingerprint density at radius 2 is 2.13 bits per heavy atom. The van der Waals surface area contributed by atoms with Crippen LogP contribution in [0.1, 0.15) is 37.8 Å². The molecule has 0 aromatic heterocycles. The largest absolute Gasteiger partial charge is 0.396 e. The Bertz CT molecular complexity index is 683. The van der Waals surface area contributed by atoms with Crippen molar-refractivity contribution < 1.29 is 14.6 Å². The Kier molecular flexibility index (Phi) is 11.5. The van der Waals surface area contributed by atoms with Gasteiger partial charge in [0.2, 0.25) is 0 Å². The molecule has 0 aliphatic carbocycles. The standard InChI is InChI=1S/C23H38N4O3.HI/c1-3-24-22(26-17-23(7-10-28)8-11-29-18-23)25-14-20-5-4-6-21(13-20)16-27-9-12-30-19(2)15-27;/h4-6,13,19,28H,3,7-12,14-18H2,1-2H3,(H2,24,25,26);1H. The van der Waals surface area contributed by atoms with Gasteiger partial charge in [-0.15, -0.1) is 24.0 Å². The molecule has 2 saturated heterocycles. The highest BCUT2D eigenvalue weighted by Gasteiger charge is 2.34. The van der Waals surface area contributed by atoms with Crippen molar-refractivity contribution in [2.75, 3.05) is 52.6 Å². The second-order valence-electron chi connectivity index (χ2n) is 8.56. The van der Waals surface area contributed by atoms with Crippen LogP contribution >= 0.6 is 24.0 Å². The number of aliphatic imine (C=N–C) groups is 1. The maximum Gasteiger partial charge on any atom is 0.191 e. The maximum absolute atomic E-state index is 9.43. The quantitative estimate of drug-likeness (QED) is 0.251. The van der Waals surface area contributed by atoms with Crippen LogP contribution in [0.25, 0.3) is 0 Å². The third-order valence-electron chi connectivity index (χ3n) is 5.94. The average molecular weight is 546 g/mol. The van der Waals surface area contributed by atoms with E-state index in [0.717, 1.165) is 64.7 Å². The van der Waals surface area contributed by atoms with Gasteiger partial charge in [-0.05, 0) is 37.8 Å². The van der Waals surface area contributed by atoms with Gasteiger partial charge in [-0.1, -0.05) is 24.3 Å². The molecule has 3 rings (SSSR count). The number of nitrogens with zero attached hydrogens (tertiary/aromatic N) is 2. The fraction of sp³-hybridized carbons (Fsp3) is 0.696. The van der Waals surface area contributed by atoms with Crippen molar-refractivity contribution in [2.45, 2.75) is 45.9 Å². The zero-order valence-electron chi connectivity index (χ0n) is 18.9. The summed E-state index contributed by atoms with van der Waals surface area (Å²) in [4.78, 5) is 7.24. The molecule has 2 fully saturated rings. The summed E-state index contributed by atoms with van der Waals surface area (Å²) in [5.41, 5.74) is 2.53. The second kappa shape index (κ2) is 13.6. The normalized spacial score (nSPS) is 24.6. The Morgan fingerprint density at radius 3 is 2.84 bits per heavy atom. The van der Waals surface area contributed by atoms with Gasteiger partial charge in [-0.3, -0.25) is 4.90 Å². The van der Waals surface area contributed by atoms with E-state index < -0.39 is 0 Å². The highest BCUT2D eigenvalue weighted by atomic mass is 127. The number of hydrogen-bond donors (Lipinski definition) is 3. The van der Waals surface area contributed by atoms with Crippen LogP contribution < -0.4 is 10.6 Å². The Balaban J connectivity index is 0.00000341. The lowest BCUT2D eigenvalue weighted by atomic mass is 9.84. The average Bonchev–Trinajstić information content (AvgIpc) is 3.19. The first-order valence-corrected chi connectivity index (χ1v) is 11.2. The van der Waals surface area contributed by atoms with Crippen LogP contribution in [0.5, 0.6) is 0 Å². The molecule has 31 heavy (non-hydrogen) atoms. The summed E-state index contributed by atoms with van der Waals surface area (Å²) in [5.74, 6) is 0.814. The van der Waals surface area contributed by atoms with Crippen LogP contribution in [0.4, 0.5) is 0 Å². The van der Waals surface area contributed by atoms with Crippen molar-refractivity contribution in [2.24, 2.45) is 10.4 Å². The van der Waals surface area contributed by atoms with Crippen LogP contribution in [0.15, 0.2) is 29.3 Å². The highest BCUT2D eigenvalue weighted by molar-refractivity contribution is 14.0. The number of benzene rings is 1. The minimum absolute atomic E-state index is 0. The molecule has 2 atom stereocenters. The third-order valence-corrected chi connectivity index (χ3v) is 5.94. The molecule has 2 aliphatic rings. The number of rotatable bonds is 9. The summed E-state index contributed by atoms with van der Waals surface area (Å²) < 4.78 is 11.2. The van der Waals surface area contributed by atoms with Crippen molar-refractivity contribution in [1.82, 2.24) is 15.5 Å². The molecular formula is C23H39IN4O3. The van der Waals surface area contributed by atoms with E-state index in [0.29, 0.717) is 19.3 Å². The van der Waals surface area contributed by atoms with Gasteiger partial charge in [0.25, 0.3) is 0 Å². The predicted molar refractivity (Wildman–Crippen MR) is 135 cm³/mol. The highest BCUT2D eigenvalue weighted by Crippen LogP contribution is 2.31. The summed E-state index contributed by atoms with van der Waals surface area (Å²) in [5, 5.41) is 16.2. The van der Waals surface area contributed by atoms with Crippen molar-refractivity contribution in [3.8, 4) is 0 Å². The van der Waals surface area contributed by atoms with Gasteiger partial charge in [0, 0.05) is 51.4 Å². The molecule has 0 amide bonds. The molecule has 1 aromatic carbocycles. The maximum atomic E-state index is 9.43. The topological polar surface area (TPSA) is 78.4 Å². The number of halogens is 1. The minimum atomic E-state index is 0. The second-order valence-corrected chi connectivity index (χ2v) is 8.56. The van der Waals surface area contributed by atoms with Crippen molar-refractivity contribution in [1.29, 1.82) is 0 Å². The van der Waals surface area contributed by atoms with E-state index in [1.807, 2.05) is 0 Å². The number of guanidine groups is 1. The lowest BCUT2D eigenvalue weighted by molar-refractivity contribution is -0.0212. The van der Waals surface area contributed by atoms with Crippen LogP contribution in [-0.2, 0) is 22.6 Å². The first kappa shape index (κ1) is 26.3. The van der Waals surface area contributed by atoms with Crippen LogP contribution in [-0.4, -0.2) is 74.7 Å². The molecule has 7 nitrogen and oxygen atoms in total. The Hall–Kier alpha value is -0.940. The molecule has 0 radical (unpaired) electrons. The molecular weight excluding hydrogens is 507 g/mol. The van der Waals surface area contributed by atoms with E-state index >= 15 is 0 Å². The van der Waals surface area contributed by atoms with Gasteiger partial charge in [-0.25, -0.2) is 4.99 Å². The van der Waals surface area contributed by atoms with E-state index in [2.05, 4.69) is 53.6 Å². The monoisotopic (exact) mass is 546 g/mol. The molecule has 176 valence electrons. The van der Waals surface area contributed by atoms with Gasteiger partial charge < -0.3 is 25.2 Å². The lowest BCUT2D eigenvalue weighted by Crippen LogP contribution is -2.44. The lowest BCUT2D eigenvalue weighted by Gasteiger charge is -2.31. The van der Waals surface area contributed by atoms with Gasteiger partial charge in [0.15, 0.2) is 5.96 Å². The fourth-order valence-electron chi connectivity index (χ4n) is 4.21. The number of ether oxygens (including phenoxy) is 2. The molecule has 2 heterocycles. The van der Waals surface area contributed by atoms with E-state index in [1.165, 1.54) is 11.1 Å². The summed E-state index contributed by atoms with van der Waals surface area (Å²) in [6.45, 7) is 11.8. The van der Waals surface area contributed by atoms with Gasteiger partial charge in [0.05, 0.1) is 25.9 Å². The molecule has 0 bridgehead atoms. The predicted octanol–water partition coefficient (Wildman–Crippen LogP) is 2.37. The number of morpholine rings is 1. The van der Waals surface area contributed by atoms with E-state index in [1.54, 1.807) is 0 Å². The van der Waals surface area contributed by atoms with Crippen LogP contribution in [0.3, 0.4) is 0 Å². The molecule has 2 aliphatic heterocycles. The van der Waals surface area contributed by atoms with Crippen LogP contribution in [0, 0.1) is 5.41 Å². The Labute approximate surface area is 204 Å². The van der Waals surface area contributed by atoms with E-state index in [-0.39, 0.29) is 36.0 Å². The van der Waals surface area contributed by atoms with Gasteiger partial charge in [-0.2, -0.15) is 0 Å².